The predicted octanol–water partition coefficient (Wildman–Crippen LogP) is 1.04. The summed E-state index contributed by atoms with van der Waals surface area (Å²) in [5, 5.41) is 0.659. The maximum absolute atomic E-state index is 11.8. The number of amides is 1. The molecule has 1 amide bonds. The van der Waals surface area contributed by atoms with Crippen molar-refractivity contribution >= 4 is 17.7 Å². The Morgan fingerprint density at radius 3 is 3.00 bits per heavy atom. The van der Waals surface area contributed by atoms with Crippen molar-refractivity contribution in [2.75, 3.05) is 32.9 Å². The van der Waals surface area contributed by atoms with Crippen LogP contribution in [0.25, 0.3) is 0 Å². The fraction of sp³-hybridized carbons (Fsp3) is 0.909. The number of thioether (sulfide) groups is 1. The van der Waals surface area contributed by atoms with Gasteiger partial charge in [-0.2, -0.15) is 11.8 Å². The molecule has 86 valence electrons. The highest BCUT2D eigenvalue weighted by Crippen LogP contribution is 2.29. The largest absolute Gasteiger partial charge is 0.340 e. The van der Waals surface area contributed by atoms with Crippen LogP contribution >= 0.6 is 11.8 Å². The number of hydrogen-bond acceptors (Lipinski definition) is 3. The number of carbonyl (C=O) groups is 1. The SMILES string of the molecule is CN1CCCC2SCCC(=O)N(C)C2C1. The van der Waals surface area contributed by atoms with Gasteiger partial charge in [-0.25, -0.2) is 0 Å². The second-order valence-corrected chi connectivity index (χ2v) is 5.98. The minimum absolute atomic E-state index is 0.324. The molecular weight excluding hydrogens is 208 g/mol. The summed E-state index contributed by atoms with van der Waals surface area (Å²) in [6.45, 7) is 2.22. The van der Waals surface area contributed by atoms with Crippen LogP contribution in [0.4, 0.5) is 0 Å². The smallest absolute Gasteiger partial charge is 0.223 e. The maximum atomic E-state index is 11.8. The first-order chi connectivity index (χ1) is 7.18. The first-order valence-electron chi connectivity index (χ1n) is 5.74. The first kappa shape index (κ1) is 11.3. The van der Waals surface area contributed by atoms with E-state index >= 15 is 0 Å². The third-order valence-electron chi connectivity index (χ3n) is 3.50. The van der Waals surface area contributed by atoms with E-state index in [1.54, 1.807) is 0 Å². The molecule has 0 aromatic heterocycles. The molecule has 2 fully saturated rings. The van der Waals surface area contributed by atoms with Crippen molar-refractivity contribution in [2.24, 2.45) is 0 Å². The Bertz CT molecular complexity index is 247. The molecule has 2 saturated heterocycles. The monoisotopic (exact) mass is 228 g/mol. The Labute approximate surface area is 96.2 Å². The lowest BCUT2D eigenvalue weighted by atomic mass is 10.1. The third kappa shape index (κ3) is 2.48. The van der Waals surface area contributed by atoms with Gasteiger partial charge in [-0.1, -0.05) is 0 Å². The number of hydrogen-bond donors (Lipinski definition) is 0. The van der Waals surface area contributed by atoms with E-state index in [4.69, 9.17) is 0 Å². The van der Waals surface area contributed by atoms with Gasteiger partial charge in [0.2, 0.25) is 5.91 Å². The van der Waals surface area contributed by atoms with Crippen LogP contribution in [0.2, 0.25) is 0 Å². The molecule has 4 heteroatoms. The molecule has 0 N–H and O–H groups in total. The van der Waals surface area contributed by atoms with E-state index in [0.29, 0.717) is 17.2 Å². The third-order valence-corrected chi connectivity index (χ3v) is 4.91. The zero-order chi connectivity index (χ0) is 10.8. The molecule has 0 saturated carbocycles. The normalized spacial score (nSPS) is 34.5. The zero-order valence-corrected chi connectivity index (χ0v) is 10.4. The second kappa shape index (κ2) is 4.74. The maximum Gasteiger partial charge on any atom is 0.223 e. The average molecular weight is 228 g/mol. The molecule has 0 spiro atoms. The van der Waals surface area contributed by atoms with Crippen LogP contribution in [0.5, 0.6) is 0 Å². The lowest BCUT2D eigenvalue weighted by Crippen LogP contribution is -2.46. The Balaban J connectivity index is 2.14. The van der Waals surface area contributed by atoms with Crippen LogP contribution < -0.4 is 0 Å². The number of nitrogens with zero attached hydrogens (tertiary/aromatic N) is 2. The van der Waals surface area contributed by atoms with Gasteiger partial charge < -0.3 is 9.80 Å². The Morgan fingerprint density at radius 2 is 2.20 bits per heavy atom. The average Bonchev–Trinajstić information content (AvgIpc) is 2.45. The van der Waals surface area contributed by atoms with Gasteiger partial charge in [0, 0.05) is 31.0 Å². The second-order valence-electron chi connectivity index (χ2n) is 4.64. The van der Waals surface area contributed by atoms with E-state index in [9.17, 15) is 4.79 Å². The minimum Gasteiger partial charge on any atom is -0.340 e. The fourth-order valence-corrected chi connectivity index (χ4v) is 3.93. The predicted molar refractivity (Wildman–Crippen MR) is 64.2 cm³/mol. The van der Waals surface area contributed by atoms with Gasteiger partial charge >= 0.3 is 0 Å². The minimum atomic E-state index is 0.324. The summed E-state index contributed by atoms with van der Waals surface area (Å²) in [5.41, 5.74) is 0. The number of rotatable bonds is 0. The summed E-state index contributed by atoms with van der Waals surface area (Å²) in [7, 11) is 4.14. The molecule has 3 nitrogen and oxygen atoms in total. The highest BCUT2D eigenvalue weighted by Gasteiger charge is 2.33. The highest BCUT2D eigenvalue weighted by molar-refractivity contribution is 8.00. The van der Waals surface area contributed by atoms with Crippen molar-refractivity contribution in [2.45, 2.75) is 30.6 Å². The number of carbonyl (C=O) groups excluding carboxylic acids is 1. The zero-order valence-electron chi connectivity index (χ0n) is 9.61. The van der Waals surface area contributed by atoms with Crippen LogP contribution in [-0.4, -0.2) is 59.9 Å². The van der Waals surface area contributed by atoms with E-state index in [1.165, 1.54) is 19.4 Å². The van der Waals surface area contributed by atoms with Gasteiger partial charge in [0.15, 0.2) is 0 Å². The lowest BCUT2D eigenvalue weighted by Gasteiger charge is -2.32. The number of likely N-dealkylation sites (N-methyl/N-ethyl adjacent to an activating group) is 2. The summed E-state index contributed by atoms with van der Waals surface area (Å²) in [5.74, 6) is 1.33. The van der Waals surface area contributed by atoms with Crippen molar-refractivity contribution < 1.29 is 4.79 Å². The van der Waals surface area contributed by atoms with E-state index in [1.807, 2.05) is 23.7 Å². The lowest BCUT2D eigenvalue weighted by molar-refractivity contribution is -0.131. The van der Waals surface area contributed by atoms with E-state index in [0.717, 1.165) is 18.7 Å². The summed E-state index contributed by atoms with van der Waals surface area (Å²) in [6, 6.07) is 0.428. The molecule has 2 aliphatic heterocycles. The number of fused-ring (bicyclic) bond motifs is 1. The van der Waals surface area contributed by atoms with Crippen molar-refractivity contribution in [3.05, 3.63) is 0 Å². The van der Waals surface area contributed by atoms with Gasteiger partial charge in [-0.15, -0.1) is 0 Å². The molecule has 2 rings (SSSR count). The summed E-state index contributed by atoms with van der Waals surface area (Å²) < 4.78 is 0. The first-order valence-corrected chi connectivity index (χ1v) is 6.79. The topological polar surface area (TPSA) is 23.6 Å². The van der Waals surface area contributed by atoms with Gasteiger partial charge in [0.25, 0.3) is 0 Å². The summed E-state index contributed by atoms with van der Waals surface area (Å²) >= 11 is 2.00. The van der Waals surface area contributed by atoms with E-state index < -0.39 is 0 Å². The molecule has 0 aliphatic carbocycles. The van der Waals surface area contributed by atoms with Gasteiger partial charge in [-0.3, -0.25) is 4.79 Å². The van der Waals surface area contributed by atoms with Crippen molar-refractivity contribution in [3.8, 4) is 0 Å². The van der Waals surface area contributed by atoms with Gasteiger partial charge in [-0.05, 0) is 26.4 Å². The summed E-state index contributed by atoms with van der Waals surface area (Å²) in [6.07, 6.45) is 3.25. The quantitative estimate of drug-likeness (QED) is 0.619. The molecule has 0 radical (unpaired) electrons. The van der Waals surface area contributed by atoms with Crippen LogP contribution in [0.1, 0.15) is 19.3 Å². The molecule has 2 aliphatic rings. The molecule has 0 bridgehead atoms. The molecule has 0 aromatic rings. The molecule has 2 atom stereocenters. The molecule has 2 heterocycles. The molecule has 2 unspecified atom stereocenters. The van der Waals surface area contributed by atoms with Crippen molar-refractivity contribution in [3.63, 3.8) is 0 Å². The van der Waals surface area contributed by atoms with Gasteiger partial charge in [0.05, 0.1) is 6.04 Å². The van der Waals surface area contributed by atoms with Crippen molar-refractivity contribution in [1.82, 2.24) is 9.80 Å². The Morgan fingerprint density at radius 1 is 1.40 bits per heavy atom. The van der Waals surface area contributed by atoms with Crippen molar-refractivity contribution in [1.29, 1.82) is 0 Å². The van der Waals surface area contributed by atoms with E-state index in [-0.39, 0.29) is 0 Å². The molecular formula is C11H20N2OS. The van der Waals surface area contributed by atoms with E-state index in [2.05, 4.69) is 11.9 Å². The number of likely N-dealkylation sites (tertiary alicyclic amines) is 1. The van der Waals surface area contributed by atoms with Crippen LogP contribution in [0.3, 0.4) is 0 Å². The van der Waals surface area contributed by atoms with Crippen LogP contribution in [0, 0.1) is 0 Å². The molecule has 0 aromatic carbocycles. The fourth-order valence-electron chi connectivity index (χ4n) is 2.51. The Hall–Kier alpha value is -0.220. The van der Waals surface area contributed by atoms with Crippen LogP contribution in [-0.2, 0) is 4.79 Å². The van der Waals surface area contributed by atoms with Crippen LogP contribution in [0.15, 0.2) is 0 Å². The van der Waals surface area contributed by atoms with Gasteiger partial charge in [0.1, 0.15) is 0 Å². The molecule has 15 heavy (non-hydrogen) atoms. The Kier molecular flexibility index (Phi) is 3.57. The highest BCUT2D eigenvalue weighted by atomic mass is 32.2. The standard InChI is InChI=1S/C11H20N2OS/c1-12-6-3-4-10-9(8-12)13(2)11(14)5-7-15-10/h9-10H,3-8H2,1-2H3. The summed E-state index contributed by atoms with van der Waals surface area (Å²) in [4.78, 5) is 16.1.